The Morgan fingerprint density at radius 2 is 2.50 bits per heavy atom. The van der Waals surface area contributed by atoms with Crippen molar-refractivity contribution < 1.29 is 9.53 Å². The van der Waals surface area contributed by atoms with Crippen LogP contribution in [0.15, 0.2) is 18.5 Å². The first-order valence-corrected chi connectivity index (χ1v) is 4.49. The molecule has 0 radical (unpaired) electrons. The fourth-order valence-corrected chi connectivity index (χ4v) is 1.90. The molecule has 4 nitrogen and oxygen atoms in total. The fourth-order valence-electron chi connectivity index (χ4n) is 1.90. The van der Waals surface area contributed by atoms with Gasteiger partial charge in [-0.2, -0.15) is 0 Å². The first kappa shape index (κ1) is 9.15. The summed E-state index contributed by atoms with van der Waals surface area (Å²) >= 11 is 0. The van der Waals surface area contributed by atoms with Gasteiger partial charge in [-0.1, -0.05) is 0 Å². The summed E-state index contributed by atoms with van der Waals surface area (Å²) < 4.78 is 4.70. The van der Waals surface area contributed by atoms with Gasteiger partial charge in [0.05, 0.1) is 7.11 Å². The first-order valence-electron chi connectivity index (χ1n) is 4.49. The second-order valence-corrected chi connectivity index (χ2v) is 3.50. The monoisotopic (exact) mass is 192 g/mol. The van der Waals surface area contributed by atoms with Gasteiger partial charge in [0.2, 0.25) is 0 Å². The molecule has 0 saturated carbocycles. The van der Waals surface area contributed by atoms with Crippen molar-refractivity contribution in [3.05, 3.63) is 29.6 Å². The zero-order valence-electron chi connectivity index (χ0n) is 7.99. The molecule has 1 aromatic rings. The highest BCUT2D eigenvalue weighted by Crippen LogP contribution is 2.34. The van der Waals surface area contributed by atoms with E-state index in [2.05, 4.69) is 4.98 Å². The van der Waals surface area contributed by atoms with Crippen LogP contribution in [0.25, 0.3) is 0 Å². The number of aryl methyl sites for hydroxylation is 1. The fraction of sp³-hybridized carbons (Fsp3) is 0.400. The molecule has 1 unspecified atom stereocenters. The van der Waals surface area contributed by atoms with Crippen molar-refractivity contribution >= 4 is 5.97 Å². The van der Waals surface area contributed by atoms with Crippen molar-refractivity contribution in [3.8, 4) is 0 Å². The van der Waals surface area contributed by atoms with Crippen LogP contribution in [0.4, 0.5) is 0 Å². The first-order chi connectivity index (χ1) is 6.68. The van der Waals surface area contributed by atoms with E-state index in [9.17, 15) is 4.79 Å². The van der Waals surface area contributed by atoms with Gasteiger partial charge in [0, 0.05) is 18.0 Å². The summed E-state index contributed by atoms with van der Waals surface area (Å²) in [7, 11) is 1.35. The number of carbonyl (C=O) groups is 1. The maximum absolute atomic E-state index is 11.5. The molecule has 4 heteroatoms. The molecule has 0 saturated heterocycles. The molecule has 0 amide bonds. The van der Waals surface area contributed by atoms with Crippen molar-refractivity contribution in [2.75, 3.05) is 7.11 Å². The Labute approximate surface area is 82.1 Å². The minimum atomic E-state index is -0.988. The van der Waals surface area contributed by atoms with Gasteiger partial charge in [0.1, 0.15) is 5.54 Å². The molecular formula is C10H12N2O2. The van der Waals surface area contributed by atoms with E-state index in [1.807, 2.05) is 6.07 Å². The third-order valence-corrected chi connectivity index (χ3v) is 2.73. The molecule has 0 aromatic carbocycles. The lowest BCUT2D eigenvalue weighted by Crippen LogP contribution is -2.43. The Hall–Kier alpha value is -1.42. The average molecular weight is 192 g/mol. The van der Waals surface area contributed by atoms with Gasteiger partial charge in [0.25, 0.3) is 0 Å². The second kappa shape index (κ2) is 3.06. The Morgan fingerprint density at radius 1 is 1.71 bits per heavy atom. The number of ether oxygens (including phenoxy) is 1. The summed E-state index contributed by atoms with van der Waals surface area (Å²) in [5.41, 5.74) is 6.91. The van der Waals surface area contributed by atoms with Gasteiger partial charge in [0.15, 0.2) is 0 Å². The van der Waals surface area contributed by atoms with Crippen LogP contribution < -0.4 is 5.73 Å². The van der Waals surface area contributed by atoms with Crippen molar-refractivity contribution in [1.29, 1.82) is 0 Å². The van der Waals surface area contributed by atoms with Gasteiger partial charge >= 0.3 is 5.97 Å². The van der Waals surface area contributed by atoms with Crippen molar-refractivity contribution in [1.82, 2.24) is 4.98 Å². The van der Waals surface area contributed by atoms with Crippen LogP contribution in [0.3, 0.4) is 0 Å². The predicted octanol–water partition coefficient (Wildman–Crippen LogP) is 0.355. The van der Waals surface area contributed by atoms with Crippen LogP contribution in [0.1, 0.15) is 17.5 Å². The minimum absolute atomic E-state index is 0.385. The number of rotatable bonds is 1. The van der Waals surface area contributed by atoms with Gasteiger partial charge in [-0.05, 0) is 24.5 Å². The minimum Gasteiger partial charge on any atom is -0.467 e. The number of nitrogens with zero attached hydrogens (tertiary/aromatic N) is 1. The maximum Gasteiger partial charge on any atom is 0.330 e. The van der Waals surface area contributed by atoms with E-state index in [1.54, 1.807) is 12.4 Å². The second-order valence-electron chi connectivity index (χ2n) is 3.50. The summed E-state index contributed by atoms with van der Waals surface area (Å²) in [5.74, 6) is -0.385. The largest absolute Gasteiger partial charge is 0.467 e. The zero-order chi connectivity index (χ0) is 10.2. The lowest BCUT2D eigenvalue weighted by molar-refractivity contribution is -0.147. The Morgan fingerprint density at radius 3 is 3.21 bits per heavy atom. The van der Waals surface area contributed by atoms with Crippen LogP contribution >= 0.6 is 0 Å². The molecule has 2 rings (SSSR count). The number of pyridine rings is 1. The highest BCUT2D eigenvalue weighted by Gasteiger charge is 2.42. The van der Waals surface area contributed by atoms with Gasteiger partial charge in [-0.3, -0.25) is 4.98 Å². The van der Waals surface area contributed by atoms with Crippen molar-refractivity contribution in [3.63, 3.8) is 0 Å². The molecule has 0 bridgehead atoms. The van der Waals surface area contributed by atoms with Gasteiger partial charge < -0.3 is 10.5 Å². The molecule has 2 N–H and O–H groups in total. The topological polar surface area (TPSA) is 65.2 Å². The molecule has 0 spiro atoms. The molecule has 1 aromatic heterocycles. The zero-order valence-corrected chi connectivity index (χ0v) is 7.99. The lowest BCUT2D eigenvalue weighted by Gasteiger charge is -2.21. The standard InChI is InChI=1S/C10H12N2O2/c1-14-9(13)10(11)4-2-7-3-5-12-6-8(7)10/h3,5-6H,2,4,11H2,1H3. The number of hydrogen-bond acceptors (Lipinski definition) is 4. The van der Waals surface area contributed by atoms with E-state index in [0.717, 1.165) is 17.5 Å². The van der Waals surface area contributed by atoms with Crippen LogP contribution in [0, 0.1) is 0 Å². The smallest absolute Gasteiger partial charge is 0.330 e. The molecule has 0 fully saturated rings. The van der Waals surface area contributed by atoms with E-state index < -0.39 is 5.54 Å². The number of methoxy groups -OCH3 is 1. The maximum atomic E-state index is 11.5. The lowest BCUT2D eigenvalue weighted by atomic mass is 9.95. The predicted molar refractivity (Wildman–Crippen MR) is 50.4 cm³/mol. The summed E-state index contributed by atoms with van der Waals surface area (Å²) in [6.45, 7) is 0. The Balaban J connectivity index is 2.47. The highest BCUT2D eigenvalue weighted by molar-refractivity contribution is 5.83. The normalized spacial score (nSPS) is 24.4. The van der Waals surface area contributed by atoms with E-state index in [0.29, 0.717) is 6.42 Å². The SMILES string of the molecule is COC(=O)C1(N)CCc2ccncc21. The van der Waals surface area contributed by atoms with Gasteiger partial charge in [-0.15, -0.1) is 0 Å². The quantitative estimate of drug-likeness (QED) is 0.652. The Kier molecular flexibility index (Phi) is 2.00. The van der Waals surface area contributed by atoms with Crippen LogP contribution in [0.2, 0.25) is 0 Å². The van der Waals surface area contributed by atoms with E-state index >= 15 is 0 Å². The number of carbonyl (C=O) groups excluding carboxylic acids is 1. The molecule has 1 heterocycles. The van der Waals surface area contributed by atoms with E-state index in [-0.39, 0.29) is 5.97 Å². The third kappa shape index (κ3) is 1.11. The van der Waals surface area contributed by atoms with Crippen molar-refractivity contribution in [2.45, 2.75) is 18.4 Å². The average Bonchev–Trinajstić information content (AvgIpc) is 2.58. The number of aromatic nitrogens is 1. The van der Waals surface area contributed by atoms with E-state index in [4.69, 9.17) is 10.5 Å². The Bertz CT molecular complexity index is 378. The summed E-state index contributed by atoms with van der Waals surface area (Å²) in [5, 5.41) is 0. The summed E-state index contributed by atoms with van der Waals surface area (Å²) in [6, 6.07) is 1.90. The molecule has 74 valence electrons. The summed E-state index contributed by atoms with van der Waals surface area (Å²) in [6.07, 6.45) is 4.77. The van der Waals surface area contributed by atoms with E-state index in [1.165, 1.54) is 7.11 Å². The molecule has 1 aliphatic carbocycles. The summed E-state index contributed by atoms with van der Waals surface area (Å²) in [4.78, 5) is 15.5. The molecule has 1 atom stereocenters. The number of fused-ring (bicyclic) bond motifs is 1. The number of hydrogen-bond donors (Lipinski definition) is 1. The van der Waals surface area contributed by atoms with Crippen LogP contribution in [0.5, 0.6) is 0 Å². The molecule has 0 aliphatic heterocycles. The van der Waals surface area contributed by atoms with Crippen LogP contribution in [-0.4, -0.2) is 18.1 Å². The molecular weight excluding hydrogens is 180 g/mol. The highest BCUT2D eigenvalue weighted by atomic mass is 16.5. The molecule has 14 heavy (non-hydrogen) atoms. The van der Waals surface area contributed by atoms with Crippen LogP contribution in [-0.2, 0) is 21.5 Å². The number of esters is 1. The number of nitrogens with two attached hydrogens (primary N) is 1. The van der Waals surface area contributed by atoms with Crippen molar-refractivity contribution in [2.24, 2.45) is 5.73 Å². The molecule has 1 aliphatic rings. The van der Waals surface area contributed by atoms with Gasteiger partial charge in [-0.25, -0.2) is 4.79 Å². The third-order valence-electron chi connectivity index (χ3n) is 2.73.